The summed E-state index contributed by atoms with van der Waals surface area (Å²) in [6.07, 6.45) is 5.05. The van der Waals surface area contributed by atoms with Crippen molar-refractivity contribution in [2.75, 3.05) is 13.2 Å². The zero-order chi connectivity index (χ0) is 12.7. The van der Waals surface area contributed by atoms with Crippen molar-refractivity contribution < 1.29 is 4.74 Å². The fourth-order valence-electron chi connectivity index (χ4n) is 1.50. The van der Waals surface area contributed by atoms with Crippen molar-refractivity contribution in [3.63, 3.8) is 0 Å². The molecule has 0 saturated heterocycles. The van der Waals surface area contributed by atoms with Gasteiger partial charge in [-0.15, -0.1) is 0 Å². The summed E-state index contributed by atoms with van der Waals surface area (Å²) in [4.78, 5) is 4.20. The van der Waals surface area contributed by atoms with Gasteiger partial charge in [0.25, 0.3) is 0 Å². The minimum Gasteiger partial charge on any atom is -0.377 e. The van der Waals surface area contributed by atoms with Gasteiger partial charge in [0.2, 0.25) is 0 Å². The van der Waals surface area contributed by atoms with Crippen molar-refractivity contribution in [3.8, 4) is 0 Å². The van der Waals surface area contributed by atoms with Crippen LogP contribution in [0.5, 0.6) is 0 Å². The van der Waals surface area contributed by atoms with Crippen molar-refractivity contribution in [2.24, 2.45) is 0 Å². The second-order valence-corrected chi connectivity index (χ2v) is 5.24. The molecule has 1 aromatic heterocycles. The number of nitrogens with zero attached hydrogens (tertiary/aromatic N) is 1. The van der Waals surface area contributed by atoms with Gasteiger partial charge in [0, 0.05) is 16.9 Å². The maximum absolute atomic E-state index is 5.69. The number of rotatable bonds is 7. The van der Waals surface area contributed by atoms with Crippen molar-refractivity contribution in [2.45, 2.75) is 39.3 Å². The Morgan fingerprint density at radius 3 is 2.76 bits per heavy atom. The molecule has 0 fully saturated rings. The van der Waals surface area contributed by atoms with Gasteiger partial charge in [-0.05, 0) is 54.4 Å². The van der Waals surface area contributed by atoms with E-state index < -0.39 is 0 Å². The fraction of sp³-hybridized carbons (Fsp3) is 0.615. The van der Waals surface area contributed by atoms with E-state index in [1.165, 1.54) is 0 Å². The average molecular weight is 301 g/mol. The van der Waals surface area contributed by atoms with Gasteiger partial charge in [0.1, 0.15) is 0 Å². The van der Waals surface area contributed by atoms with Crippen LogP contribution in [0.25, 0.3) is 0 Å². The Labute approximate surface area is 112 Å². The third-order valence-electron chi connectivity index (χ3n) is 2.37. The molecule has 0 aliphatic heterocycles. The Bertz CT molecular complexity index is 331. The molecule has 1 aromatic rings. The SMILES string of the molecule is CCCNC(COC(C)C)c1cncc(Br)c1. The van der Waals surface area contributed by atoms with Crippen LogP contribution in [0.4, 0.5) is 0 Å². The lowest BCUT2D eigenvalue weighted by Crippen LogP contribution is -2.27. The van der Waals surface area contributed by atoms with E-state index in [4.69, 9.17) is 4.74 Å². The van der Waals surface area contributed by atoms with E-state index in [0.29, 0.717) is 6.61 Å². The minimum atomic E-state index is 0.211. The normalized spacial score (nSPS) is 13.0. The van der Waals surface area contributed by atoms with Crippen molar-refractivity contribution in [1.29, 1.82) is 0 Å². The molecular formula is C13H21BrN2O. The first-order chi connectivity index (χ1) is 8.13. The highest BCUT2D eigenvalue weighted by atomic mass is 79.9. The fourth-order valence-corrected chi connectivity index (χ4v) is 1.88. The molecule has 0 spiro atoms. The van der Waals surface area contributed by atoms with Crippen LogP contribution in [0.3, 0.4) is 0 Å². The van der Waals surface area contributed by atoms with Crippen LogP contribution >= 0.6 is 15.9 Å². The number of aromatic nitrogens is 1. The van der Waals surface area contributed by atoms with Gasteiger partial charge in [-0.25, -0.2) is 0 Å². The Morgan fingerprint density at radius 2 is 2.18 bits per heavy atom. The number of hydrogen-bond donors (Lipinski definition) is 1. The first-order valence-electron chi connectivity index (χ1n) is 6.09. The first kappa shape index (κ1) is 14.6. The highest BCUT2D eigenvalue weighted by Crippen LogP contribution is 2.17. The van der Waals surface area contributed by atoms with Crippen LogP contribution < -0.4 is 5.32 Å². The van der Waals surface area contributed by atoms with Crippen molar-refractivity contribution in [1.82, 2.24) is 10.3 Å². The molecule has 1 N–H and O–H groups in total. The van der Waals surface area contributed by atoms with E-state index in [1.807, 2.05) is 6.20 Å². The van der Waals surface area contributed by atoms with E-state index >= 15 is 0 Å². The Morgan fingerprint density at radius 1 is 1.41 bits per heavy atom. The maximum atomic E-state index is 5.69. The molecule has 1 unspecified atom stereocenters. The standard InChI is InChI=1S/C13H21BrN2O/c1-4-5-16-13(9-17-10(2)3)11-6-12(14)8-15-7-11/h6-8,10,13,16H,4-5,9H2,1-3H3. The molecule has 0 aliphatic rings. The summed E-state index contributed by atoms with van der Waals surface area (Å²) in [5.74, 6) is 0. The van der Waals surface area contributed by atoms with E-state index in [0.717, 1.165) is 23.0 Å². The smallest absolute Gasteiger partial charge is 0.0665 e. The highest BCUT2D eigenvalue weighted by molar-refractivity contribution is 9.10. The Kier molecular flexibility index (Phi) is 6.70. The molecule has 1 atom stereocenters. The number of hydrogen-bond acceptors (Lipinski definition) is 3. The maximum Gasteiger partial charge on any atom is 0.0665 e. The molecule has 0 aliphatic carbocycles. The number of halogens is 1. The van der Waals surface area contributed by atoms with Crippen LogP contribution in [0.2, 0.25) is 0 Å². The summed E-state index contributed by atoms with van der Waals surface area (Å²) in [5, 5.41) is 3.48. The Hall–Kier alpha value is -0.450. The molecule has 4 heteroatoms. The van der Waals surface area contributed by atoms with Crippen molar-refractivity contribution in [3.05, 3.63) is 28.5 Å². The summed E-state index contributed by atoms with van der Waals surface area (Å²) >= 11 is 3.45. The van der Waals surface area contributed by atoms with Gasteiger partial charge in [0.15, 0.2) is 0 Å². The van der Waals surface area contributed by atoms with Crippen LogP contribution in [-0.2, 0) is 4.74 Å². The van der Waals surface area contributed by atoms with Crippen molar-refractivity contribution >= 4 is 15.9 Å². The van der Waals surface area contributed by atoms with Gasteiger partial charge in [-0.1, -0.05) is 6.92 Å². The summed E-state index contributed by atoms with van der Waals surface area (Å²) < 4.78 is 6.69. The summed E-state index contributed by atoms with van der Waals surface area (Å²) in [5.41, 5.74) is 1.16. The molecule has 0 aromatic carbocycles. The van der Waals surface area contributed by atoms with Crippen LogP contribution in [0, 0.1) is 0 Å². The minimum absolute atomic E-state index is 0.211. The highest BCUT2D eigenvalue weighted by Gasteiger charge is 2.12. The van der Waals surface area contributed by atoms with Gasteiger partial charge >= 0.3 is 0 Å². The molecule has 1 heterocycles. The largest absolute Gasteiger partial charge is 0.377 e. The average Bonchev–Trinajstić information content (AvgIpc) is 2.29. The molecule has 1 rings (SSSR count). The second-order valence-electron chi connectivity index (χ2n) is 4.33. The molecule has 3 nitrogen and oxygen atoms in total. The zero-order valence-electron chi connectivity index (χ0n) is 10.7. The summed E-state index contributed by atoms with van der Waals surface area (Å²) in [6, 6.07) is 2.30. The monoisotopic (exact) mass is 300 g/mol. The lowest BCUT2D eigenvalue weighted by atomic mass is 10.1. The lowest BCUT2D eigenvalue weighted by Gasteiger charge is -2.20. The second kappa shape index (κ2) is 7.80. The van der Waals surface area contributed by atoms with Gasteiger partial charge < -0.3 is 10.1 Å². The van der Waals surface area contributed by atoms with Crippen LogP contribution in [-0.4, -0.2) is 24.2 Å². The van der Waals surface area contributed by atoms with Gasteiger partial charge in [-0.2, -0.15) is 0 Å². The predicted octanol–water partition coefficient (Wildman–Crippen LogP) is 3.31. The zero-order valence-corrected chi connectivity index (χ0v) is 12.3. The number of nitrogens with one attached hydrogen (secondary N) is 1. The first-order valence-corrected chi connectivity index (χ1v) is 6.88. The summed E-state index contributed by atoms with van der Waals surface area (Å²) in [6.45, 7) is 7.92. The third kappa shape index (κ3) is 5.61. The van der Waals surface area contributed by atoms with Crippen LogP contribution in [0.1, 0.15) is 38.8 Å². The molecule has 0 saturated carbocycles. The molecule has 96 valence electrons. The lowest BCUT2D eigenvalue weighted by molar-refractivity contribution is 0.0610. The van der Waals surface area contributed by atoms with Gasteiger partial charge in [-0.3, -0.25) is 4.98 Å². The number of ether oxygens (including phenoxy) is 1. The molecule has 17 heavy (non-hydrogen) atoms. The molecule has 0 radical (unpaired) electrons. The third-order valence-corrected chi connectivity index (χ3v) is 2.80. The van der Waals surface area contributed by atoms with E-state index in [2.05, 4.69) is 53.1 Å². The molecule has 0 amide bonds. The van der Waals surface area contributed by atoms with Crippen LogP contribution in [0.15, 0.2) is 22.9 Å². The molecule has 0 bridgehead atoms. The van der Waals surface area contributed by atoms with Gasteiger partial charge in [0.05, 0.1) is 18.8 Å². The Balaban J connectivity index is 2.67. The van der Waals surface area contributed by atoms with E-state index in [-0.39, 0.29) is 12.1 Å². The number of pyridine rings is 1. The quantitative estimate of drug-likeness (QED) is 0.839. The van der Waals surface area contributed by atoms with E-state index in [9.17, 15) is 0 Å². The van der Waals surface area contributed by atoms with E-state index in [1.54, 1.807) is 6.20 Å². The topological polar surface area (TPSA) is 34.1 Å². The summed E-state index contributed by atoms with van der Waals surface area (Å²) in [7, 11) is 0. The predicted molar refractivity (Wildman–Crippen MR) is 74.1 cm³/mol. The molecular weight excluding hydrogens is 280 g/mol.